The molecule has 0 aliphatic carbocycles. The molecule has 16 heavy (non-hydrogen) atoms. The quantitative estimate of drug-likeness (QED) is 0.741. The van der Waals surface area contributed by atoms with Gasteiger partial charge >= 0.3 is 0 Å². The van der Waals surface area contributed by atoms with E-state index in [2.05, 4.69) is 4.40 Å². The maximum atomic E-state index is 11.9. The Morgan fingerprint density at radius 3 is 2.25 bits per heavy atom. The van der Waals surface area contributed by atoms with E-state index in [4.69, 9.17) is 0 Å². The first kappa shape index (κ1) is 13.1. The van der Waals surface area contributed by atoms with Crippen molar-refractivity contribution in [1.82, 2.24) is 0 Å². The van der Waals surface area contributed by atoms with E-state index in [1.807, 2.05) is 58.0 Å². The van der Waals surface area contributed by atoms with E-state index in [-0.39, 0.29) is 4.75 Å². The lowest BCUT2D eigenvalue weighted by molar-refractivity contribution is 0.650. The zero-order valence-corrected chi connectivity index (χ0v) is 11.2. The van der Waals surface area contributed by atoms with E-state index in [0.29, 0.717) is 0 Å². The number of hydrogen-bond acceptors (Lipinski definition) is 1. The van der Waals surface area contributed by atoms with Crippen LogP contribution in [0.25, 0.3) is 0 Å². The molecular weight excluding hydrogens is 218 g/mol. The molecule has 0 bridgehead atoms. The van der Waals surface area contributed by atoms with E-state index in [1.165, 1.54) is 0 Å². The lowest BCUT2D eigenvalue weighted by Gasteiger charge is -2.14. The molecule has 0 unspecified atom stereocenters. The standard InChI is InChI=1S/C13H19NOS/c1-5-12(11-9-7-6-8-10-11)14-16(15)13(2,3)4/h6-10H,5H2,1-4H3/b14-12+/t16-/m1/s1. The Bertz CT molecular complexity index is 390. The fourth-order valence-corrected chi connectivity index (χ4v) is 1.90. The zero-order valence-electron chi connectivity index (χ0n) is 10.4. The largest absolute Gasteiger partial charge is 0.234 e. The first-order chi connectivity index (χ1) is 7.45. The Hall–Kier alpha value is -0.960. The van der Waals surface area contributed by atoms with Gasteiger partial charge in [-0.25, -0.2) is 4.21 Å². The highest BCUT2D eigenvalue weighted by atomic mass is 32.2. The minimum Gasteiger partial charge on any atom is -0.234 e. The lowest BCUT2D eigenvalue weighted by atomic mass is 10.1. The summed E-state index contributed by atoms with van der Waals surface area (Å²) in [5.74, 6) is 0. The molecule has 0 amide bonds. The Morgan fingerprint density at radius 2 is 1.81 bits per heavy atom. The highest BCUT2D eigenvalue weighted by Gasteiger charge is 2.19. The van der Waals surface area contributed by atoms with Crippen LogP contribution in [0.1, 0.15) is 39.7 Å². The molecule has 0 fully saturated rings. The zero-order chi connectivity index (χ0) is 12.2. The van der Waals surface area contributed by atoms with Crippen molar-refractivity contribution in [2.75, 3.05) is 0 Å². The van der Waals surface area contributed by atoms with Gasteiger partial charge in [-0.1, -0.05) is 37.3 Å². The van der Waals surface area contributed by atoms with Gasteiger partial charge in [0.2, 0.25) is 0 Å². The summed E-state index contributed by atoms with van der Waals surface area (Å²) in [5, 5.41) is 0. The number of hydrogen-bond donors (Lipinski definition) is 0. The maximum absolute atomic E-state index is 11.9. The molecule has 2 nitrogen and oxygen atoms in total. The molecule has 1 rings (SSSR count). The summed E-state index contributed by atoms with van der Waals surface area (Å²) in [7, 11) is -1.18. The molecule has 0 aliphatic rings. The van der Waals surface area contributed by atoms with Gasteiger partial charge in [-0.05, 0) is 32.8 Å². The van der Waals surface area contributed by atoms with Gasteiger partial charge in [0.25, 0.3) is 0 Å². The van der Waals surface area contributed by atoms with Crippen molar-refractivity contribution in [3.05, 3.63) is 35.9 Å². The molecule has 0 aromatic heterocycles. The molecule has 0 saturated heterocycles. The smallest absolute Gasteiger partial charge is 0.145 e. The molecule has 0 spiro atoms. The van der Waals surface area contributed by atoms with Crippen LogP contribution in [0, 0.1) is 0 Å². The second-order valence-corrected chi connectivity index (χ2v) is 6.52. The highest BCUT2D eigenvalue weighted by Crippen LogP contribution is 2.15. The van der Waals surface area contributed by atoms with Crippen LogP contribution in [0.5, 0.6) is 0 Å². The van der Waals surface area contributed by atoms with Crippen LogP contribution >= 0.6 is 0 Å². The fourth-order valence-electron chi connectivity index (χ4n) is 1.19. The summed E-state index contributed by atoms with van der Waals surface area (Å²) in [6.07, 6.45) is 0.797. The first-order valence-electron chi connectivity index (χ1n) is 5.50. The normalized spacial score (nSPS) is 14.9. The molecule has 3 heteroatoms. The summed E-state index contributed by atoms with van der Waals surface area (Å²) in [5.41, 5.74) is 1.97. The molecule has 0 N–H and O–H groups in total. The van der Waals surface area contributed by atoms with Gasteiger partial charge in [0.15, 0.2) is 0 Å². The minimum atomic E-state index is -1.18. The summed E-state index contributed by atoms with van der Waals surface area (Å²) in [6, 6.07) is 9.92. The summed E-state index contributed by atoms with van der Waals surface area (Å²) in [6.45, 7) is 7.84. The SMILES string of the molecule is CC/C(=N\[S@](=O)C(C)(C)C)c1ccccc1. The van der Waals surface area contributed by atoms with Crippen molar-refractivity contribution in [3.63, 3.8) is 0 Å². The molecule has 0 radical (unpaired) electrons. The predicted molar refractivity (Wildman–Crippen MR) is 71.2 cm³/mol. The van der Waals surface area contributed by atoms with Crippen LogP contribution < -0.4 is 0 Å². The van der Waals surface area contributed by atoms with E-state index < -0.39 is 11.0 Å². The number of rotatable bonds is 3. The Labute approximate surface area is 100 Å². The summed E-state index contributed by atoms with van der Waals surface area (Å²) in [4.78, 5) is 0. The van der Waals surface area contributed by atoms with Crippen molar-refractivity contribution in [1.29, 1.82) is 0 Å². The maximum Gasteiger partial charge on any atom is 0.145 e. The van der Waals surface area contributed by atoms with Crippen LogP contribution in [-0.2, 0) is 11.0 Å². The van der Waals surface area contributed by atoms with Gasteiger partial charge in [-0.3, -0.25) is 0 Å². The van der Waals surface area contributed by atoms with Gasteiger partial charge < -0.3 is 0 Å². The third-order valence-electron chi connectivity index (χ3n) is 2.16. The Morgan fingerprint density at radius 1 is 1.25 bits per heavy atom. The van der Waals surface area contributed by atoms with Crippen molar-refractivity contribution in [2.45, 2.75) is 38.9 Å². The van der Waals surface area contributed by atoms with Crippen molar-refractivity contribution in [2.24, 2.45) is 4.40 Å². The Kier molecular flexibility index (Phi) is 4.42. The van der Waals surface area contributed by atoms with Crippen LogP contribution in [0.15, 0.2) is 34.7 Å². The van der Waals surface area contributed by atoms with Gasteiger partial charge in [0, 0.05) is 0 Å². The highest BCUT2D eigenvalue weighted by molar-refractivity contribution is 7.85. The predicted octanol–water partition coefficient (Wildman–Crippen LogP) is 3.35. The topological polar surface area (TPSA) is 29.4 Å². The molecular formula is C13H19NOS. The average Bonchev–Trinajstić information content (AvgIpc) is 2.25. The van der Waals surface area contributed by atoms with Crippen molar-refractivity contribution < 1.29 is 4.21 Å². The summed E-state index contributed by atoms with van der Waals surface area (Å²) >= 11 is 0. The van der Waals surface area contributed by atoms with E-state index in [9.17, 15) is 4.21 Å². The van der Waals surface area contributed by atoms with Crippen LogP contribution in [0.4, 0.5) is 0 Å². The second kappa shape index (κ2) is 5.39. The van der Waals surface area contributed by atoms with E-state index in [1.54, 1.807) is 0 Å². The number of nitrogens with zero attached hydrogens (tertiary/aromatic N) is 1. The fraction of sp³-hybridized carbons (Fsp3) is 0.462. The van der Waals surface area contributed by atoms with E-state index >= 15 is 0 Å². The van der Waals surface area contributed by atoms with E-state index in [0.717, 1.165) is 17.7 Å². The van der Waals surface area contributed by atoms with Crippen LogP contribution in [0.3, 0.4) is 0 Å². The van der Waals surface area contributed by atoms with Crippen molar-refractivity contribution in [3.8, 4) is 0 Å². The second-order valence-electron chi connectivity index (χ2n) is 4.62. The third kappa shape index (κ3) is 3.56. The van der Waals surface area contributed by atoms with Gasteiger partial charge in [-0.15, -0.1) is 0 Å². The van der Waals surface area contributed by atoms with Crippen LogP contribution in [-0.4, -0.2) is 14.7 Å². The lowest BCUT2D eigenvalue weighted by Crippen LogP contribution is -2.21. The average molecular weight is 237 g/mol. The van der Waals surface area contributed by atoms with Gasteiger partial charge in [-0.2, -0.15) is 4.40 Å². The van der Waals surface area contributed by atoms with Crippen molar-refractivity contribution >= 4 is 16.7 Å². The number of benzene rings is 1. The molecule has 88 valence electrons. The molecule has 1 atom stereocenters. The van der Waals surface area contributed by atoms with Gasteiger partial charge in [0.1, 0.15) is 11.0 Å². The van der Waals surface area contributed by atoms with Gasteiger partial charge in [0.05, 0.1) is 10.5 Å². The molecule has 0 saturated carbocycles. The summed E-state index contributed by atoms with van der Waals surface area (Å²) < 4.78 is 16.0. The molecule has 0 heterocycles. The monoisotopic (exact) mass is 237 g/mol. The first-order valence-corrected chi connectivity index (χ1v) is 6.61. The molecule has 0 aliphatic heterocycles. The molecule has 1 aromatic rings. The molecule has 1 aromatic carbocycles. The minimum absolute atomic E-state index is 0.296. The Balaban J connectivity index is 3.00. The third-order valence-corrected chi connectivity index (χ3v) is 3.59. The van der Waals surface area contributed by atoms with Crippen LogP contribution in [0.2, 0.25) is 0 Å².